The predicted molar refractivity (Wildman–Crippen MR) is 91.7 cm³/mol. The van der Waals surface area contributed by atoms with Crippen LogP contribution in [-0.2, 0) is 19.1 Å². The van der Waals surface area contributed by atoms with Gasteiger partial charge in [0.25, 0.3) is 5.91 Å². The average molecular weight is 360 g/mol. The molecule has 0 N–H and O–H groups in total. The Morgan fingerprint density at radius 1 is 1.04 bits per heavy atom. The number of rotatable bonds is 2. The molecule has 6 heteroatoms. The Morgan fingerprint density at radius 3 is 2.54 bits per heavy atom. The van der Waals surface area contributed by atoms with Crippen molar-refractivity contribution in [2.75, 3.05) is 19.6 Å². The van der Waals surface area contributed by atoms with Crippen molar-refractivity contribution in [2.45, 2.75) is 25.2 Å². The molecule has 1 unspecified atom stereocenters. The number of nitrogens with zero attached hydrogens (tertiary/aromatic N) is 2. The molecule has 1 amide bonds. The van der Waals surface area contributed by atoms with Gasteiger partial charge < -0.3 is 4.90 Å². The molecule has 0 spiro atoms. The Balaban J connectivity index is 1.53. The summed E-state index contributed by atoms with van der Waals surface area (Å²) in [7, 11) is 0. The van der Waals surface area contributed by atoms with Crippen molar-refractivity contribution in [3.05, 3.63) is 70.8 Å². The van der Waals surface area contributed by atoms with E-state index in [0.717, 1.165) is 31.8 Å². The smallest absolute Gasteiger partial charge is 0.333 e. The van der Waals surface area contributed by atoms with Gasteiger partial charge in [-0.25, -0.2) is 0 Å². The predicted octanol–water partition coefficient (Wildman–Crippen LogP) is 3.59. The fourth-order valence-electron chi connectivity index (χ4n) is 3.89. The molecular formula is C20H19F3N2O. The Bertz CT molecular complexity index is 820. The largest absolute Gasteiger partial charge is 0.416 e. The average Bonchev–Trinajstić information content (AvgIpc) is 2.61. The first-order valence-electron chi connectivity index (χ1n) is 8.69. The van der Waals surface area contributed by atoms with Crippen LogP contribution in [-0.4, -0.2) is 41.4 Å². The maximum absolute atomic E-state index is 12.9. The molecule has 3 nitrogen and oxygen atoms in total. The van der Waals surface area contributed by atoms with Crippen molar-refractivity contribution >= 4 is 5.91 Å². The molecule has 2 aliphatic rings. The van der Waals surface area contributed by atoms with E-state index in [2.05, 4.69) is 17.0 Å². The number of alkyl halides is 3. The van der Waals surface area contributed by atoms with E-state index >= 15 is 0 Å². The molecule has 2 aliphatic heterocycles. The molecule has 0 aliphatic carbocycles. The zero-order valence-electron chi connectivity index (χ0n) is 14.2. The van der Waals surface area contributed by atoms with E-state index in [0.29, 0.717) is 18.5 Å². The lowest BCUT2D eigenvalue weighted by molar-refractivity contribution is -0.137. The third kappa shape index (κ3) is 3.21. The molecular weight excluding hydrogens is 341 g/mol. The van der Waals surface area contributed by atoms with Gasteiger partial charge in [-0.2, -0.15) is 13.2 Å². The molecule has 4 rings (SSSR count). The van der Waals surface area contributed by atoms with Gasteiger partial charge in [0.15, 0.2) is 0 Å². The zero-order valence-corrected chi connectivity index (χ0v) is 14.2. The lowest BCUT2D eigenvalue weighted by Gasteiger charge is -2.44. The van der Waals surface area contributed by atoms with Crippen molar-refractivity contribution in [3.8, 4) is 0 Å². The summed E-state index contributed by atoms with van der Waals surface area (Å²) in [6, 6.07) is 13.7. The highest BCUT2D eigenvalue weighted by Gasteiger charge is 2.38. The zero-order chi connectivity index (χ0) is 18.3. The SMILES string of the molecule is O=C1c2cc(C(F)(F)F)ccc2CC2CN(Cc3ccccc3)CCN12. The maximum atomic E-state index is 12.9. The van der Waals surface area contributed by atoms with Crippen LogP contribution in [0.2, 0.25) is 0 Å². The van der Waals surface area contributed by atoms with Crippen LogP contribution in [0, 0.1) is 0 Å². The van der Waals surface area contributed by atoms with Crippen molar-refractivity contribution in [3.63, 3.8) is 0 Å². The number of hydrogen-bond donors (Lipinski definition) is 0. The van der Waals surface area contributed by atoms with E-state index in [4.69, 9.17) is 0 Å². The van der Waals surface area contributed by atoms with E-state index in [1.807, 2.05) is 18.2 Å². The second-order valence-corrected chi connectivity index (χ2v) is 6.95. The van der Waals surface area contributed by atoms with Gasteiger partial charge in [0.2, 0.25) is 0 Å². The number of piperazine rings is 1. The molecule has 1 fully saturated rings. The fourth-order valence-corrected chi connectivity index (χ4v) is 3.89. The molecule has 1 atom stereocenters. The summed E-state index contributed by atoms with van der Waals surface area (Å²) in [5.41, 5.74) is 1.38. The van der Waals surface area contributed by atoms with Gasteiger partial charge in [0, 0.05) is 37.8 Å². The number of fused-ring (bicyclic) bond motifs is 2. The molecule has 2 aromatic rings. The third-order valence-corrected chi connectivity index (χ3v) is 5.20. The minimum Gasteiger partial charge on any atom is -0.333 e. The van der Waals surface area contributed by atoms with Crippen LogP contribution >= 0.6 is 0 Å². The highest BCUT2D eigenvalue weighted by atomic mass is 19.4. The van der Waals surface area contributed by atoms with Crippen LogP contribution in [0.3, 0.4) is 0 Å². The minimum absolute atomic E-state index is 0.0178. The summed E-state index contributed by atoms with van der Waals surface area (Å²) in [6.07, 6.45) is -3.83. The Labute approximate surface area is 150 Å². The van der Waals surface area contributed by atoms with Crippen molar-refractivity contribution in [1.82, 2.24) is 9.80 Å². The fraction of sp³-hybridized carbons (Fsp3) is 0.350. The van der Waals surface area contributed by atoms with E-state index in [1.54, 1.807) is 4.90 Å². The molecule has 26 heavy (non-hydrogen) atoms. The Kier molecular flexibility index (Phi) is 4.23. The molecule has 2 heterocycles. The molecule has 2 aromatic carbocycles. The monoisotopic (exact) mass is 360 g/mol. The van der Waals surface area contributed by atoms with Crippen molar-refractivity contribution in [2.24, 2.45) is 0 Å². The van der Waals surface area contributed by atoms with Crippen molar-refractivity contribution < 1.29 is 18.0 Å². The topological polar surface area (TPSA) is 23.6 Å². The van der Waals surface area contributed by atoms with Crippen LogP contribution in [0.25, 0.3) is 0 Å². The van der Waals surface area contributed by atoms with Crippen molar-refractivity contribution in [1.29, 1.82) is 0 Å². The van der Waals surface area contributed by atoms with E-state index in [-0.39, 0.29) is 17.5 Å². The van der Waals surface area contributed by atoms with Gasteiger partial charge >= 0.3 is 6.18 Å². The normalized spacial score (nSPS) is 20.7. The van der Waals surface area contributed by atoms with Gasteiger partial charge in [-0.05, 0) is 29.7 Å². The van der Waals surface area contributed by atoms with Gasteiger partial charge in [0.05, 0.1) is 5.56 Å². The van der Waals surface area contributed by atoms with Gasteiger partial charge in [0.1, 0.15) is 0 Å². The summed E-state index contributed by atoms with van der Waals surface area (Å²) in [5, 5.41) is 0. The first kappa shape index (κ1) is 17.1. The number of hydrogen-bond acceptors (Lipinski definition) is 2. The molecule has 136 valence electrons. The number of halogens is 3. The highest BCUT2D eigenvalue weighted by molar-refractivity contribution is 5.97. The molecule has 1 saturated heterocycles. The van der Waals surface area contributed by atoms with Crippen LogP contribution < -0.4 is 0 Å². The van der Waals surface area contributed by atoms with Crippen LogP contribution in [0.15, 0.2) is 48.5 Å². The standard InChI is InChI=1S/C20H19F3N2O/c21-20(22,23)16-7-6-15-10-17-13-24(12-14-4-2-1-3-5-14)8-9-25(17)19(26)18(15)11-16/h1-7,11,17H,8-10,12-13H2. The van der Waals surface area contributed by atoms with E-state index < -0.39 is 11.7 Å². The number of benzene rings is 2. The van der Waals surface area contributed by atoms with Crippen LogP contribution in [0.4, 0.5) is 13.2 Å². The second-order valence-electron chi connectivity index (χ2n) is 6.95. The summed E-state index contributed by atoms with van der Waals surface area (Å²) < 4.78 is 38.8. The molecule has 0 bridgehead atoms. The molecule has 0 radical (unpaired) electrons. The molecule has 0 aromatic heterocycles. The summed E-state index contributed by atoms with van der Waals surface area (Å²) in [4.78, 5) is 16.8. The first-order chi connectivity index (χ1) is 12.4. The Hall–Kier alpha value is -2.34. The van der Waals surface area contributed by atoms with E-state index in [9.17, 15) is 18.0 Å². The second kappa shape index (κ2) is 6.43. The lowest BCUT2D eigenvalue weighted by atomic mass is 9.90. The molecule has 0 saturated carbocycles. The first-order valence-corrected chi connectivity index (χ1v) is 8.69. The summed E-state index contributed by atoms with van der Waals surface area (Å²) >= 11 is 0. The van der Waals surface area contributed by atoms with Crippen LogP contribution in [0.5, 0.6) is 0 Å². The lowest BCUT2D eigenvalue weighted by Crippen LogP contribution is -2.57. The van der Waals surface area contributed by atoms with Crippen LogP contribution in [0.1, 0.15) is 27.0 Å². The maximum Gasteiger partial charge on any atom is 0.416 e. The minimum atomic E-state index is -4.43. The number of carbonyl (C=O) groups excluding carboxylic acids is 1. The third-order valence-electron chi connectivity index (χ3n) is 5.20. The van der Waals surface area contributed by atoms with Gasteiger partial charge in [-0.3, -0.25) is 9.69 Å². The quantitative estimate of drug-likeness (QED) is 0.817. The number of carbonyl (C=O) groups is 1. The number of amides is 1. The highest BCUT2D eigenvalue weighted by Crippen LogP contribution is 2.33. The van der Waals surface area contributed by atoms with Gasteiger partial charge in [-0.15, -0.1) is 0 Å². The summed E-state index contributed by atoms with van der Waals surface area (Å²) in [6.45, 7) is 2.83. The summed E-state index contributed by atoms with van der Waals surface area (Å²) in [5.74, 6) is -0.276. The van der Waals surface area contributed by atoms with E-state index in [1.165, 1.54) is 11.6 Å². The van der Waals surface area contributed by atoms with Gasteiger partial charge in [-0.1, -0.05) is 36.4 Å². The Morgan fingerprint density at radius 2 is 1.81 bits per heavy atom.